The van der Waals surface area contributed by atoms with Crippen molar-refractivity contribution < 1.29 is 13.6 Å². The number of anilines is 1. The summed E-state index contributed by atoms with van der Waals surface area (Å²) >= 11 is 0. The first kappa shape index (κ1) is 17.1. The maximum absolute atomic E-state index is 12.6. The zero-order valence-corrected chi connectivity index (χ0v) is 15.5. The summed E-state index contributed by atoms with van der Waals surface area (Å²) in [6, 6.07) is 12.8. The fourth-order valence-electron chi connectivity index (χ4n) is 3.25. The summed E-state index contributed by atoms with van der Waals surface area (Å²) in [5, 5.41) is 0.750. The van der Waals surface area contributed by atoms with Crippen LogP contribution in [0.25, 0.3) is 33.5 Å². The highest BCUT2D eigenvalue weighted by atomic mass is 16.5. The van der Waals surface area contributed by atoms with E-state index in [1.54, 1.807) is 13.2 Å². The fraction of sp³-hybridized carbons (Fsp3) is 0.238. The van der Waals surface area contributed by atoms with Gasteiger partial charge in [0.1, 0.15) is 22.4 Å². The number of ether oxygens (including phenoxy) is 1. The van der Waals surface area contributed by atoms with Crippen LogP contribution in [0.3, 0.4) is 0 Å². The first-order chi connectivity index (χ1) is 13.1. The Hall–Kier alpha value is -3.28. The lowest BCUT2D eigenvalue weighted by atomic mass is 10.1. The molecule has 6 heteroatoms. The van der Waals surface area contributed by atoms with E-state index in [0.29, 0.717) is 16.7 Å². The molecule has 2 heterocycles. The molecule has 0 saturated heterocycles. The summed E-state index contributed by atoms with van der Waals surface area (Å²) in [7, 11) is 1.63. The summed E-state index contributed by atoms with van der Waals surface area (Å²) < 4.78 is 16.9. The molecule has 0 fully saturated rings. The zero-order chi connectivity index (χ0) is 19.0. The van der Waals surface area contributed by atoms with Crippen LogP contribution >= 0.6 is 0 Å². The van der Waals surface area contributed by atoms with Crippen LogP contribution in [-0.4, -0.2) is 25.2 Å². The van der Waals surface area contributed by atoms with Crippen LogP contribution in [0.15, 0.2) is 56.1 Å². The molecule has 2 aromatic carbocycles. The van der Waals surface area contributed by atoms with E-state index < -0.39 is 5.63 Å². The fourth-order valence-corrected chi connectivity index (χ4v) is 3.25. The molecular formula is C21H20N2O4. The molecule has 0 bridgehead atoms. The molecule has 0 N–H and O–H groups in total. The Bertz CT molecular complexity index is 1140. The van der Waals surface area contributed by atoms with Gasteiger partial charge >= 0.3 is 5.63 Å². The van der Waals surface area contributed by atoms with Crippen LogP contribution < -0.4 is 15.3 Å². The third kappa shape index (κ3) is 2.93. The SMILES string of the molecule is CCN(CC)c1cc2oc(=O)c(-c3nc4ccccc4o3)cc2cc1OC. The molecule has 2 aromatic heterocycles. The van der Waals surface area contributed by atoms with E-state index in [1.165, 1.54) is 0 Å². The van der Waals surface area contributed by atoms with Crippen LogP contribution in [0.2, 0.25) is 0 Å². The minimum Gasteiger partial charge on any atom is -0.495 e. The molecule has 0 radical (unpaired) electrons. The van der Waals surface area contributed by atoms with Crippen LogP contribution in [0.1, 0.15) is 13.8 Å². The zero-order valence-electron chi connectivity index (χ0n) is 15.5. The van der Waals surface area contributed by atoms with Gasteiger partial charge in [0.05, 0.1) is 12.8 Å². The highest BCUT2D eigenvalue weighted by molar-refractivity contribution is 5.87. The standard InChI is InChI=1S/C21H20N2O4/c1-4-23(5-2)16-12-18-13(11-19(16)25-3)10-14(21(24)27-18)20-22-15-8-6-7-9-17(15)26-20/h6-12H,4-5H2,1-3H3. The van der Waals surface area contributed by atoms with Gasteiger partial charge in [-0.05, 0) is 38.1 Å². The minimum absolute atomic E-state index is 0.249. The van der Waals surface area contributed by atoms with Gasteiger partial charge in [-0.1, -0.05) is 12.1 Å². The third-order valence-electron chi connectivity index (χ3n) is 4.66. The van der Waals surface area contributed by atoms with E-state index >= 15 is 0 Å². The van der Waals surface area contributed by atoms with E-state index in [4.69, 9.17) is 13.6 Å². The van der Waals surface area contributed by atoms with E-state index in [9.17, 15) is 4.79 Å². The smallest absolute Gasteiger partial charge is 0.349 e. The second-order valence-electron chi connectivity index (χ2n) is 6.17. The first-order valence-electron chi connectivity index (χ1n) is 8.91. The third-order valence-corrected chi connectivity index (χ3v) is 4.66. The lowest BCUT2D eigenvalue weighted by Gasteiger charge is -2.23. The van der Waals surface area contributed by atoms with Crippen molar-refractivity contribution in [2.75, 3.05) is 25.1 Å². The molecule has 0 saturated carbocycles. The number of hydrogen-bond donors (Lipinski definition) is 0. The van der Waals surface area contributed by atoms with Crippen molar-refractivity contribution in [3.63, 3.8) is 0 Å². The Morgan fingerprint density at radius 3 is 2.52 bits per heavy atom. The number of benzene rings is 2. The van der Waals surface area contributed by atoms with E-state index in [2.05, 4.69) is 23.7 Å². The van der Waals surface area contributed by atoms with Crippen LogP contribution in [0.5, 0.6) is 5.75 Å². The number of hydrogen-bond acceptors (Lipinski definition) is 6. The number of oxazole rings is 1. The van der Waals surface area contributed by atoms with Gasteiger partial charge in [-0.15, -0.1) is 0 Å². The topological polar surface area (TPSA) is 68.7 Å². The van der Waals surface area contributed by atoms with Gasteiger partial charge in [-0.2, -0.15) is 0 Å². The van der Waals surface area contributed by atoms with Crippen molar-refractivity contribution >= 4 is 27.8 Å². The van der Waals surface area contributed by atoms with E-state index in [1.807, 2.05) is 36.4 Å². The molecule has 138 valence electrons. The second-order valence-corrected chi connectivity index (χ2v) is 6.17. The predicted molar refractivity (Wildman–Crippen MR) is 106 cm³/mol. The molecule has 0 amide bonds. The van der Waals surface area contributed by atoms with Crippen molar-refractivity contribution in [2.24, 2.45) is 0 Å². The Kier molecular flexibility index (Phi) is 4.32. The predicted octanol–water partition coefficient (Wildman–Crippen LogP) is 4.46. The van der Waals surface area contributed by atoms with Gasteiger partial charge in [-0.25, -0.2) is 9.78 Å². The summed E-state index contributed by atoms with van der Waals surface area (Å²) in [6.07, 6.45) is 0. The molecule has 0 spiro atoms. The lowest BCUT2D eigenvalue weighted by molar-refractivity contribution is 0.414. The summed E-state index contributed by atoms with van der Waals surface area (Å²) in [4.78, 5) is 19.1. The van der Waals surface area contributed by atoms with Gasteiger partial charge in [0.15, 0.2) is 5.58 Å². The number of methoxy groups -OCH3 is 1. The molecule has 4 rings (SSSR count). The van der Waals surface area contributed by atoms with E-state index in [0.717, 1.165) is 29.9 Å². The van der Waals surface area contributed by atoms with Gasteiger partial charge in [-0.3, -0.25) is 0 Å². The van der Waals surface area contributed by atoms with Gasteiger partial charge < -0.3 is 18.5 Å². The Morgan fingerprint density at radius 2 is 1.81 bits per heavy atom. The molecule has 0 atom stereocenters. The Balaban J connectivity index is 1.90. The number of aromatic nitrogens is 1. The Morgan fingerprint density at radius 1 is 1.04 bits per heavy atom. The molecule has 0 aliphatic carbocycles. The van der Waals surface area contributed by atoms with Crippen molar-refractivity contribution in [1.82, 2.24) is 4.98 Å². The molecule has 27 heavy (non-hydrogen) atoms. The molecule has 0 unspecified atom stereocenters. The first-order valence-corrected chi connectivity index (χ1v) is 8.91. The molecule has 0 aliphatic rings. The second kappa shape index (κ2) is 6.79. The van der Waals surface area contributed by atoms with Gasteiger partial charge in [0, 0.05) is 24.5 Å². The summed E-state index contributed by atoms with van der Waals surface area (Å²) in [6.45, 7) is 5.78. The average molecular weight is 364 g/mol. The van der Waals surface area contributed by atoms with E-state index in [-0.39, 0.29) is 11.5 Å². The lowest BCUT2D eigenvalue weighted by Crippen LogP contribution is -2.22. The highest BCUT2D eigenvalue weighted by Gasteiger charge is 2.17. The monoisotopic (exact) mass is 364 g/mol. The normalized spacial score (nSPS) is 11.2. The number of rotatable bonds is 5. The molecule has 6 nitrogen and oxygen atoms in total. The molecular weight excluding hydrogens is 344 g/mol. The van der Waals surface area contributed by atoms with Crippen LogP contribution in [0.4, 0.5) is 5.69 Å². The van der Waals surface area contributed by atoms with Crippen LogP contribution in [0, 0.1) is 0 Å². The number of nitrogens with zero attached hydrogens (tertiary/aromatic N) is 2. The van der Waals surface area contributed by atoms with Gasteiger partial charge in [0.25, 0.3) is 0 Å². The quantitative estimate of drug-likeness (QED) is 0.487. The van der Waals surface area contributed by atoms with Gasteiger partial charge in [0.2, 0.25) is 5.89 Å². The molecule has 4 aromatic rings. The van der Waals surface area contributed by atoms with Crippen molar-refractivity contribution in [1.29, 1.82) is 0 Å². The highest BCUT2D eigenvalue weighted by Crippen LogP contribution is 2.34. The minimum atomic E-state index is -0.482. The summed E-state index contributed by atoms with van der Waals surface area (Å²) in [5.41, 5.74) is 2.53. The number of fused-ring (bicyclic) bond motifs is 2. The number of para-hydroxylation sites is 2. The van der Waals surface area contributed by atoms with Crippen LogP contribution in [-0.2, 0) is 0 Å². The Labute approximate surface area is 156 Å². The largest absolute Gasteiger partial charge is 0.495 e. The van der Waals surface area contributed by atoms with Crippen molar-refractivity contribution in [3.8, 4) is 17.2 Å². The average Bonchev–Trinajstić information content (AvgIpc) is 3.12. The maximum atomic E-state index is 12.6. The molecule has 0 aliphatic heterocycles. The summed E-state index contributed by atoms with van der Waals surface area (Å²) in [5.74, 6) is 0.974. The van der Waals surface area contributed by atoms with Crippen molar-refractivity contribution in [3.05, 3.63) is 52.9 Å². The van der Waals surface area contributed by atoms with Crippen molar-refractivity contribution in [2.45, 2.75) is 13.8 Å². The maximum Gasteiger partial charge on any atom is 0.349 e.